The van der Waals surface area contributed by atoms with Gasteiger partial charge in [0.25, 0.3) is 5.91 Å². The number of rotatable bonds is 5. The van der Waals surface area contributed by atoms with E-state index < -0.39 is 9.84 Å². The molecule has 1 rings (SSSR count). The summed E-state index contributed by atoms with van der Waals surface area (Å²) in [6, 6.07) is 6.54. The van der Waals surface area contributed by atoms with Crippen molar-refractivity contribution in [2.45, 2.75) is 19.4 Å². The van der Waals surface area contributed by atoms with E-state index in [-0.39, 0.29) is 30.1 Å². The van der Waals surface area contributed by atoms with Crippen LogP contribution in [0.2, 0.25) is 0 Å². The second-order valence-electron chi connectivity index (χ2n) is 4.38. The Balaban J connectivity index is 0.00000324. The van der Waals surface area contributed by atoms with Crippen molar-refractivity contribution >= 4 is 33.8 Å². The van der Waals surface area contributed by atoms with Crippen molar-refractivity contribution in [3.8, 4) is 0 Å². The summed E-state index contributed by atoms with van der Waals surface area (Å²) in [6.45, 7) is 1.77. The average Bonchev–Trinajstić information content (AvgIpc) is 2.26. The average molecular weight is 307 g/mol. The number of carbonyl (C=O) groups is 1. The zero-order valence-corrected chi connectivity index (χ0v) is 12.6. The van der Waals surface area contributed by atoms with Gasteiger partial charge in [0.1, 0.15) is 9.84 Å². The van der Waals surface area contributed by atoms with Crippen LogP contribution in [0.3, 0.4) is 0 Å². The predicted octanol–water partition coefficient (Wildman–Crippen LogP) is 1.24. The molecular weight excluding hydrogens is 288 g/mol. The van der Waals surface area contributed by atoms with Crippen LogP contribution in [0.4, 0.5) is 5.69 Å². The fraction of sp³-hybridized carbons (Fsp3) is 0.417. The van der Waals surface area contributed by atoms with Gasteiger partial charge in [-0.25, -0.2) is 8.42 Å². The summed E-state index contributed by atoms with van der Waals surface area (Å²) in [5, 5.41) is 2.73. The Morgan fingerprint density at radius 2 is 1.95 bits per heavy atom. The number of sulfone groups is 1. The molecule has 1 amide bonds. The fourth-order valence-corrected chi connectivity index (χ4v) is 2.25. The number of anilines is 1. The van der Waals surface area contributed by atoms with Crippen molar-refractivity contribution < 1.29 is 13.2 Å². The van der Waals surface area contributed by atoms with Gasteiger partial charge in [0.2, 0.25) is 0 Å². The summed E-state index contributed by atoms with van der Waals surface area (Å²) < 4.78 is 22.0. The van der Waals surface area contributed by atoms with Gasteiger partial charge < -0.3 is 11.1 Å². The van der Waals surface area contributed by atoms with E-state index in [1.807, 2.05) is 0 Å². The Labute approximate surface area is 119 Å². The number of halogens is 1. The van der Waals surface area contributed by atoms with Gasteiger partial charge in [0.05, 0.1) is 11.3 Å². The number of nitrogens with two attached hydrogens (primary N) is 1. The van der Waals surface area contributed by atoms with E-state index in [1.54, 1.807) is 31.2 Å². The fourth-order valence-electron chi connectivity index (χ4n) is 1.47. The van der Waals surface area contributed by atoms with Gasteiger partial charge in [0.15, 0.2) is 0 Å². The molecule has 1 aromatic carbocycles. The number of benzene rings is 1. The standard InChI is InChI=1S/C12H18N2O3S.ClH/c1-9(7-8-18(2,16)17)14-12(15)10-5-3-4-6-11(10)13;/h3-6,9H,7-8,13H2,1-2H3,(H,14,15);1H. The van der Waals surface area contributed by atoms with Gasteiger partial charge in [-0.05, 0) is 25.5 Å². The minimum atomic E-state index is -3.00. The maximum atomic E-state index is 11.9. The van der Waals surface area contributed by atoms with Crippen LogP contribution >= 0.6 is 12.4 Å². The van der Waals surface area contributed by atoms with E-state index in [1.165, 1.54) is 6.26 Å². The van der Waals surface area contributed by atoms with Crippen LogP contribution in [0.25, 0.3) is 0 Å². The summed E-state index contributed by atoms with van der Waals surface area (Å²) in [6.07, 6.45) is 1.56. The number of hydrogen-bond donors (Lipinski definition) is 2. The molecule has 1 unspecified atom stereocenters. The Bertz CT molecular complexity index is 532. The molecule has 1 aromatic rings. The van der Waals surface area contributed by atoms with Crippen LogP contribution in [0.5, 0.6) is 0 Å². The van der Waals surface area contributed by atoms with Crippen molar-refractivity contribution in [3.05, 3.63) is 29.8 Å². The van der Waals surface area contributed by atoms with Gasteiger partial charge in [0, 0.05) is 18.0 Å². The van der Waals surface area contributed by atoms with Crippen LogP contribution < -0.4 is 11.1 Å². The van der Waals surface area contributed by atoms with Crippen molar-refractivity contribution in [1.29, 1.82) is 0 Å². The van der Waals surface area contributed by atoms with E-state index in [0.29, 0.717) is 17.7 Å². The molecule has 3 N–H and O–H groups in total. The van der Waals surface area contributed by atoms with Crippen LogP contribution in [-0.2, 0) is 9.84 Å². The molecule has 0 fully saturated rings. The summed E-state index contributed by atoms with van der Waals surface area (Å²) in [4.78, 5) is 11.9. The zero-order chi connectivity index (χ0) is 13.8. The molecule has 0 saturated carbocycles. The Morgan fingerprint density at radius 3 is 2.47 bits per heavy atom. The lowest BCUT2D eigenvalue weighted by atomic mass is 10.1. The lowest BCUT2D eigenvalue weighted by molar-refractivity contribution is 0.0940. The maximum Gasteiger partial charge on any atom is 0.253 e. The number of hydrogen-bond acceptors (Lipinski definition) is 4. The molecule has 7 heteroatoms. The topological polar surface area (TPSA) is 89.3 Å². The lowest BCUT2D eigenvalue weighted by Gasteiger charge is -2.14. The Kier molecular flexibility index (Phi) is 6.86. The molecule has 0 bridgehead atoms. The number of carbonyl (C=O) groups excluding carboxylic acids is 1. The molecule has 0 aliphatic heterocycles. The molecular formula is C12H19ClN2O3S. The SMILES string of the molecule is CC(CCS(C)(=O)=O)NC(=O)c1ccccc1N.Cl. The summed E-state index contributed by atoms with van der Waals surface area (Å²) in [5.41, 5.74) is 6.50. The monoisotopic (exact) mass is 306 g/mol. The second kappa shape index (κ2) is 7.35. The molecule has 0 aliphatic rings. The minimum Gasteiger partial charge on any atom is -0.398 e. The first kappa shape index (κ1) is 17.7. The third kappa shape index (κ3) is 6.45. The first-order valence-electron chi connectivity index (χ1n) is 5.62. The first-order chi connectivity index (χ1) is 8.29. The molecule has 1 atom stereocenters. The molecule has 0 aliphatic carbocycles. The van der Waals surface area contributed by atoms with E-state index in [4.69, 9.17) is 5.73 Å². The third-order valence-corrected chi connectivity index (χ3v) is 3.48. The number of nitrogen functional groups attached to an aromatic ring is 1. The second-order valence-corrected chi connectivity index (χ2v) is 6.64. The normalized spacial score (nSPS) is 12.3. The molecule has 108 valence electrons. The minimum absolute atomic E-state index is 0. The van der Waals surface area contributed by atoms with Gasteiger partial charge in [-0.3, -0.25) is 4.79 Å². The van der Waals surface area contributed by atoms with E-state index >= 15 is 0 Å². The largest absolute Gasteiger partial charge is 0.398 e. The van der Waals surface area contributed by atoms with Crippen molar-refractivity contribution in [2.24, 2.45) is 0 Å². The van der Waals surface area contributed by atoms with Crippen LogP contribution in [0.15, 0.2) is 24.3 Å². The van der Waals surface area contributed by atoms with Gasteiger partial charge in [-0.1, -0.05) is 12.1 Å². The third-order valence-electron chi connectivity index (χ3n) is 2.50. The lowest BCUT2D eigenvalue weighted by Crippen LogP contribution is -2.34. The molecule has 0 spiro atoms. The summed E-state index contributed by atoms with van der Waals surface area (Å²) in [7, 11) is -3.00. The van der Waals surface area contributed by atoms with Crippen molar-refractivity contribution in [1.82, 2.24) is 5.32 Å². The Hall–Kier alpha value is -1.27. The van der Waals surface area contributed by atoms with Gasteiger partial charge in [-0.2, -0.15) is 0 Å². The maximum absolute atomic E-state index is 11.9. The van der Waals surface area contributed by atoms with Crippen LogP contribution in [0.1, 0.15) is 23.7 Å². The van der Waals surface area contributed by atoms with E-state index in [9.17, 15) is 13.2 Å². The molecule has 19 heavy (non-hydrogen) atoms. The van der Waals surface area contributed by atoms with Gasteiger partial charge in [-0.15, -0.1) is 12.4 Å². The molecule has 5 nitrogen and oxygen atoms in total. The quantitative estimate of drug-likeness (QED) is 0.801. The summed E-state index contributed by atoms with van der Waals surface area (Å²) >= 11 is 0. The smallest absolute Gasteiger partial charge is 0.253 e. The molecule has 0 heterocycles. The summed E-state index contributed by atoms with van der Waals surface area (Å²) in [5.74, 6) is -0.229. The number of nitrogens with one attached hydrogen (secondary N) is 1. The highest BCUT2D eigenvalue weighted by molar-refractivity contribution is 7.90. The molecule has 0 aromatic heterocycles. The zero-order valence-electron chi connectivity index (χ0n) is 10.9. The first-order valence-corrected chi connectivity index (χ1v) is 7.69. The van der Waals surface area contributed by atoms with Gasteiger partial charge >= 0.3 is 0 Å². The van der Waals surface area contributed by atoms with Crippen molar-refractivity contribution in [2.75, 3.05) is 17.7 Å². The highest BCUT2D eigenvalue weighted by Crippen LogP contribution is 2.10. The van der Waals surface area contributed by atoms with Crippen molar-refractivity contribution in [3.63, 3.8) is 0 Å². The highest BCUT2D eigenvalue weighted by atomic mass is 35.5. The highest BCUT2D eigenvalue weighted by Gasteiger charge is 2.13. The number of amides is 1. The predicted molar refractivity (Wildman–Crippen MR) is 79.4 cm³/mol. The van der Waals surface area contributed by atoms with E-state index in [0.717, 1.165) is 0 Å². The molecule has 0 radical (unpaired) electrons. The van der Waals surface area contributed by atoms with Crippen LogP contribution in [0, 0.1) is 0 Å². The van der Waals surface area contributed by atoms with E-state index in [2.05, 4.69) is 5.32 Å². The Morgan fingerprint density at radius 1 is 1.37 bits per heavy atom. The molecule has 0 saturated heterocycles. The van der Waals surface area contributed by atoms with Crippen LogP contribution in [-0.4, -0.2) is 32.4 Å². The number of para-hydroxylation sites is 1.